The van der Waals surface area contributed by atoms with E-state index in [2.05, 4.69) is 36.4 Å². The Morgan fingerprint density at radius 3 is 2.86 bits per heavy atom. The Hall–Kier alpha value is -2.54. The molecule has 0 spiro atoms. The van der Waals surface area contributed by atoms with E-state index in [1.165, 1.54) is 0 Å². The quantitative estimate of drug-likeness (QED) is 0.775. The Labute approximate surface area is 134 Å². The normalized spacial score (nSPS) is 10.4. The van der Waals surface area contributed by atoms with Crippen LogP contribution in [-0.4, -0.2) is 21.1 Å². The number of nitrogens with zero attached hydrogens (tertiary/aromatic N) is 3. The second kappa shape index (κ2) is 6.48. The Bertz CT molecular complexity index is 789. The fourth-order valence-electron chi connectivity index (χ4n) is 1.81. The van der Waals surface area contributed by atoms with Crippen LogP contribution in [0.1, 0.15) is 16.2 Å². The molecule has 0 unspecified atom stereocenters. The zero-order valence-corrected chi connectivity index (χ0v) is 12.9. The first-order valence-corrected chi connectivity index (χ1v) is 7.29. The van der Waals surface area contributed by atoms with Crippen LogP contribution in [0.3, 0.4) is 0 Å². The molecular weight excluding hydrogens is 348 g/mol. The minimum Gasteiger partial charge on any atom is -0.417 e. The van der Waals surface area contributed by atoms with Crippen molar-refractivity contribution in [2.75, 3.05) is 0 Å². The van der Waals surface area contributed by atoms with E-state index >= 15 is 0 Å². The van der Waals surface area contributed by atoms with Crippen LogP contribution < -0.4 is 5.32 Å². The average Bonchev–Trinajstić information content (AvgIpc) is 3.02. The van der Waals surface area contributed by atoms with Crippen molar-refractivity contribution in [1.82, 2.24) is 20.5 Å². The predicted molar refractivity (Wildman–Crippen MR) is 82.8 cm³/mol. The van der Waals surface area contributed by atoms with Gasteiger partial charge in [0.1, 0.15) is 5.69 Å². The third-order valence-electron chi connectivity index (χ3n) is 2.84. The molecule has 1 amide bonds. The van der Waals surface area contributed by atoms with E-state index in [4.69, 9.17) is 4.42 Å². The average molecular weight is 359 g/mol. The summed E-state index contributed by atoms with van der Waals surface area (Å²) in [6.07, 6.45) is 1.65. The molecule has 1 N–H and O–H groups in total. The maximum atomic E-state index is 12.0. The van der Waals surface area contributed by atoms with Crippen molar-refractivity contribution in [1.29, 1.82) is 0 Å². The zero-order valence-electron chi connectivity index (χ0n) is 11.4. The first-order chi connectivity index (χ1) is 10.7. The number of carbonyl (C=O) groups excluding carboxylic acids is 1. The first kappa shape index (κ1) is 14.4. The molecule has 1 aromatic carbocycles. The first-order valence-electron chi connectivity index (χ1n) is 6.50. The van der Waals surface area contributed by atoms with Gasteiger partial charge in [0.25, 0.3) is 11.8 Å². The highest BCUT2D eigenvalue weighted by Gasteiger charge is 2.11. The van der Waals surface area contributed by atoms with Gasteiger partial charge in [-0.3, -0.25) is 9.78 Å². The molecule has 0 fully saturated rings. The summed E-state index contributed by atoms with van der Waals surface area (Å²) in [4.78, 5) is 16.1. The maximum absolute atomic E-state index is 12.0. The Kier molecular flexibility index (Phi) is 4.24. The molecule has 3 rings (SSSR count). The lowest BCUT2D eigenvalue weighted by Gasteiger charge is -2.02. The number of carbonyl (C=O) groups is 1. The molecule has 0 saturated heterocycles. The summed E-state index contributed by atoms with van der Waals surface area (Å²) >= 11 is 3.33. The Morgan fingerprint density at radius 1 is 1.18 bits per heavy atom. The van der Waals surface area contributed by atoms with Crippen molar-refractivity contribution in [2.24, 2.45) is 0 Å². The Morgan fingerprint density at radius 2 is 2.09 bits per heavy atom. The minimum atomic E-state index is -0.209. The van der Waals surface area contributed by atoms with Gasteiger partial charge in [-0.25, -0.2) is 0 Å². The summed E-state index contributed by atoms with van der Waals surface area (Å²) in [5.41, 5.74) is 1.15. The highest BCUT2D eigenvalue weighted by atomic mass is 79.9. The van der Waals surface area contributed by atoms with Gasteiger partial charge >= 0.3 is 0 Å². The second-order valence-corrected chi connectivity index (χ2v) is 5.32. The van der Waals surface area contributed by atoms with Crippen LogP contribution in [0.5, 0.6) is 0 Å². The molecular formula is C15H11BrN4O2. The van der Waals surface area contributed by atoms with Gasteiger partial charge in [0.2, 0.25) is 5.89 Å². The van der Waals surface area contributed by atoms with Gasteiger partial charge < -0.3 is 9.73 Å². The lowest BCUT2D eigenvalue weighted by molar-refractivity contribution is 0.0947. The van der Waals surface area contributed by atoms with Gasteiger partial charge in [-0.05, 0) is 30.3 Å². The van der Waals surface area contributed by atoms with Crippen LogP contribution in [0.15, 0.2) is 57.6 Å². The molecule has 0 aliphatic heterocycles. The van der Waals surface area contributed by atoms with Crippen LogP contribution in [-0.2, 0) is 6.54 Å². The number of benzene rings is 1. The summed E-state index contributed by atoms with van der Waals surface area (Å²) in [6, 6.07) is 12.5. The molecule has 110 valence electrons. The smallest absolute Gasteiger partial charge is 0.266 e. The third-order valence-corrected chi connectivity index (χ3v) is 3.33. The number of hydrogen-bond donors (Lipinski definition) is 1. The standard InChI is InChI=1S/C15H11BrN4O2/c16-11-5-3-4-10(8-11)14(21)18-9-13-19-20-15(22-13)12-6-1-2-7-17-12/h1-8H,9H2,(H,18,21). The molecule has 2 aromatic heterocycles. The van der Waals surface area contributed by atoms with Crippen molar-refractivity contribution in [3.63, 3.8) is 0 Å². The third kappa shape index (κ3) is 3.37. The summed E-state index contributed by atoms with van der Waals surface area (Å²) in [6.45, 7) is 0.158. The maximum Gasteiger partial charge on any atom is 0.266 e. The van der Waals surface area contributed by atoms with Crippen LogP contribution >= 0.6 is 15.9 Å². The fraction of sp³-hybridized carbons (Fsp3) is 0.0667. The highest BCUT2D eigenvalue weighted by molar-refractivity contribution is 9.10. The fourth-order valence-corrected chi connectivity index (χ4v) is 2.20. The summed E-state index contributed by atoms with van der Waals surface area (Å²) < 4.78 is 6.31. The Balaban J connectivity index is 1.65. The molecule has 0 bridgehead atoms. The van der Waals surface area contributed by atoms with E-state index in [0.717, 1.165) is 4.47 Å². The number of aromatic nitrogens is 3. The number of amides is 1. The van der Waals surface area contributed by atoms with E-state index in [0.29, 0.717) is 23.0 Å². The van der Waals surface area contributed by atoms with Gasteiger partial charge in [0.15, 0.2) is 0 Å². The van der Waals surface area contributed by atoms with E-state index in [1.54, 1.807) is 36.5 Å². The van der Waals surface area contributed by atoms with Crippen molar-refractivity contribution >= 4 is 21.8 Å². The van der Waals surface area contributed by atoms with E-state index in [-0.39, 0.29) is 12.5 Å². The van der Waals surface area contributed by atoms with E-state index in [9.17, 15) is 4.79 Å². The summed E-state index contributed by atoms with van der Waals surface area (Å²) in [5, 5.41) is 10.5. The number of nitrogens with one attached hydrogen (secondary N) is 1. The van der Waals surface area contributed by atoms with Crippen LogP contribution in [0.4, 0.5) is 0 Å². The largest absolute Gasteiger partial charge is 0.417 e. The molecule has 7 heteroatoms. The second-order valence-electron chi connectivity index (χ2n) is 4.41. The van der Waals surface area contributed by atoms with Crippen LogP contribution in [0.2, 0.25) is 0 Å². The number of halogens is 1. The highest BCUT2D eigenvalue weighted by Crippen LogP contribution is 2.14. The molecule has 2 heterocycles. The summed E-state index contributed by atoms with van der Waals surface area (Å²) in [5.74, 6) is 0.440. The topological polar surface area (TPSA) is 80.9 Å². The molecule has 0 atom stereocenters. The monoisotopic (exact) mass is 358 g/mol. The molecule has 3 aromatic rings. The molecule has 0 aliphatic carbocycles. The molecule has 0 aliphatic rings. The lowest BCUT2D eigenvalue weighted by atomic mass is 10.2. The summed E-state index contributed by atoms with van der Waals surface area (Å²) in [7, 11) is 0. The molecule has 0 radical (unpaired) electrons. The lowest BCUT2D eigenvalue weighted by Crippen LogP contribution is -2.22. The number of pyridine rings is 1. The van der Waals surface area contributed by atoms with Gasteiger partial charge in [0.05, 0.1) is 6.54 Å². The zero-order chi connectivity index (χ0) is 15.4. The van der Waals surface area contributed by atoms with Crippen molar-refractivity contribution < 1.29 is 9.21 Å². The van der Waals surface area contributed by atoms with Gasteiger partial charge in [-0.2, -0.15) is 0 Å². The SMILES string of the molecule is O=C(NCc1nnc(-c2ccccn2)o1)c1cccc(Br)c1. The molecule has 6 nitrogen and oxygen atoms in total. The number of hydrogen-bond acceptors (Lipinski definition) is 5. The predicted octanol–water partition coefficient (Wildman–Crippen LogP) is 2.82. The van der Waals surface area contributed by atoms with Crippen LogP contribution in [0, 0.1) is 0 Å². The van der Waals surface area contributed by atoms with Crippen molar-refractivity contribution in [3.8, 4) is 11.6 Å². The molecule has 22 heavy (non-hydrogen) atoms. The van der Waals surface area contributed by atoms with Gasteiger partial charge in [-0.15, -0.1) is 10.2 Å². The van der Waals surface area contributed by atoms with E-state index < -0.39 is 0 Å². The van der Waals surface area contributed by atoms with Gasteiger partial charge in [-0.1, -0.05) is 28.1 Å². The minimum absolute atomic E-state index is 0.158. The van der Waals surface area contributed by atoms with Crippen molar-refractivity contribution in [3.05, 3.63) is 64.6 Å². The van der Waals surface area contributed by atoms with E-state index in [1.807, 2.05) is 12.1 Å². The number of rotatable bonds is 4. The van der Waals surface area contributed by atoms with Crippen molar-refractivity contribution in [2.45, 2.75) is 6.54 Å². The van der Waals surface area contributed by atoms with Crippen LogP contribution in [0.25, 0.3) is 11.6 Å². The van der Waals surface area contributed by atoms with Gasteiger partial charge in [0, 0.05) is 16.2 Å². The molecule has 0 saturated carbocycles.